The highest BCUT2D eigenvalue weighted by atomic mass is 32.2. The van der Waals surface area contributed by atoms with Crippen LogP contribution in [0.2, 0.25) is 0 Å². The van der Waals surface area contributed by atoms with Crippen LogP contribution in [0, 0.1) is 6.92 Å². The molecule has 136 valence electrons. The Morgan fingerprint density at radius 2 is 1.64 bits per heavy atom. The summed E-state index contributed by atoms with van der Waals surface area (Å²) in [5.41, 5.74) is 4.30. The minimum Gasteiger partial charge on any atom is -0.192 e. The third kappa shape index (κ3) is 3.14. The maximum absolute atomic E-state index is 4.78. The normalized spacial score (nSPS) is 11.3. The predicted molar refractivity (Wildman–Crippen MR) is 114 cm³/mol. The van der Waals surface area contributed by atoms with Gasteiger partial charge in [0.1, 0.15) is 5.03 Å². The van der Waals surface area contributed by atoms with Crippen LogP contribution >= 0.6 is 11.8 Å². The molecule has 28 heavy (non-hydrogen) atoms. The van der Waals surface area contributed by atoms with Gasteiger partial charge in [-0.05, 0) is 35.4 Å². The second kappa shape index (κ2) is 7.09. The summed E-state index contributed by atoms with van der Waals surface area (Å²) in [6, 6.07) is 27.2. The molecule has 0 aliphatic carbocycles. The Hall–Kier alpha value is -3.18. The number of fused-ring (bicyclic) bond motifs is 2. The van der Waals surface area contributed by atoms with E-state index in [0.717, 1.165) is 27.8 Å². The number of aryl methyl sites for hydroxylation is 1. The molecule has 0 fully saturated rings. The van der Waals surface area contributed by atoms with Crippen molar-refractivity contribution < 1.29 is 0 Å². The van der Waals surface area contributed by atoms with Crippen LogP contribution in [0.4, 0.5) is 0 Å². The van der Waals surface area contributed by atoms with Gasteiger partial charge in [-0.1, -0.05) is 84.1 Å². The Bertz CT molecular complexity index is 1270. The summed E-state index contributed by atoms with van der Waals surface area (Å²) < 4.78 is 1.83. The van der Waals surface area contributed by atoms with Gasteiger partial charge >= 0.3 is 0 Å². The quantitative estimate of drug-likeness (QED) is 0.383. The third-order valence-electron chi connectivity index (χ3n) is 4.80. The van der Waals surface area contributed by atoms with Gasteiger partial charge in [0.15, 0.2) is 11.5 Å². The van der Waals surface area contributed by atoms with Crippen LogP contribution in [-0.4, -0.2) is 19.8 Å². The summed E-state index contributed by atoms with van der Waals surface area (Å²) in [5, 5.41) is 16.9. The molecule has 0 bridgehead atoms. The molecule has 0 unspecified atom stereocenters. The van der Waals surface area contributed by atoms with Gasteiger partial charge in [-0.2, -0.15) is 9.61 Å². The Labute approximate surface area is 167 Å². The summed E-state index contributed by atoms with van der Waals surface area (Å²) in [4.78, 5) is 0. The fourth-order valence-corrected chi connectivity index (χ4v) is 4.16. The molecule has 2 aromatic heterocycles. The molecule has 0 aliphatic heterocycles. The molecule has 2 heterocycles. The van der Waals surface area contributed by atoms with Crippen LogP contribution < -0.4 is 0 Å². The second-order valence-corrected chi connectivity index (χ2v) is 7.75. The lowest BCUT2D eigenvalue weighted by Gasteiger charge is -2.07. The molecule has 5 rings (SSSR count). The molecular formula is C23H18N4S. The van der Waals surface area contributed by atoms with E-state index >= 15 is 0 Å². The van der Waals surface area contributed by atoms with Crippen LogP contribution in [0.25, 0.3) is 27.8 Å². The Morgan fingerprint density at radius 1 is 0.821 bits per heavy atom. The first-order valence-corrected chi connectivity index (χ1v) is 10.2. The smallest absolute Gasteiger partial charge is 0.185 e. The largest absolute Gasteiger partial charge is 0.192 e. The van der Waals surface area contributed by atoms with E-state index < -0.39 is 0 Å². The van der Waals surface area contributed by atoms with Crippen molar-refractivity contribution in [1.82, 2.24) is 19.8 Å². The monoisotopic (exact) mass is 382 g/mol. The van der Waals surface area contributed by atoms with E-state index in [1.807, 2.05) is 16.6 Å². The maximum atomic E-state index is 4.78. The standard InChI is InChI=1S/C23H18N4S/c1-16-9-11-18(12-10-16)23-25-24-21-13-14-22(26-27(21)23)28-15-19-7-4-6-17-5-2-3-8-20(17)19/h2-14H,15H2,1H3. The number of benzene rings is 3. The first-order chi connectivity index (χ1) is 13.8. The van der Waals surface area contributed by atoms with Crippen molar-refractivity contribution in [2.24, 2.45) is 0 Å². The fourth-order valence-electron chi connectivity index (χ4n) is 3.30. The van der Waals surface area contributed by atoms with E-state index in [1.54, 1.807) is 11.8 Å². The molecule has 4 nitrogen and oxygen atoms in total. The maximum Gasteiger partial charge on any atom is 0.185 e. The summed E-state index contributed by atoms with van der Waals surface area (Å²) >= 11 is 1.73. The topological polar surface area (TPSA) is 43.1 Å². The highest BCUT2D eigenvalue weighted by Crippen LogP contribution is 2.27. The first-order valence-electron chi connectivity index (χ1n) is 9.17. The molecule has 5 aromatic rings. The number of thioether (sulfide) groups is 1. The summed E-state index contributed by atoms with van der Waals surface area (Å²) in [7, 11) is 0. The van der Waals surface area contributed by atoms with Crippen molar-refractivity contribution in [2.75, 3.05) is 0 Å². The summed E-state index contributed by atoms with van der Waals surface area (Å²) in [6.07, 6.45) is 0. The highest BCUT2D eigenvalue weighted by Gasteiger charge is 2.10. The SMILES string of the molecule is Cc1ccc(-c2nnc3ccc(SCc4cccc5ccccc45)nn23)cc1. The molecule has 0 aliphatic rings. The molecular weight excluding hydrogens is 364 g/mol. The average Bonchev–Trinajstić information content (AvgIpc) is 3.16. The number of nitrogens with zero attached hydrogens (tertiary/aromatic N) is 4. The number of hydrogen-bond donors (Lipinski definition) is 0. The van der Waals surface area contributed by atoms with Crippen molar-refractivity contribution in [1.29, 1.82) is 0 Å². The number of aromatic nitrogens is 4. The molecule has 0 spiro atoms. The minimum absolute atomic E-state index is 0.755. The number of hydrogen-bond acceptors (Lipinski definition) is 4. The van der Waals surface area contributed by atoms with E-state index in [9.17, 15) is 0 Å². The fraction of sp³-hybridized carbons (Fsp3) is 0.0870. The van der Waals surface area contributed by atoms with Crippen molar-refractivity contribution >= 4 is 28.2 Å². The molecule has 5 heteroatoms. The molecule has 0 N–H and O–H groups in total. The van der Waals surface area contributed by atoms with Crippen LogP contribution in [0.5, 0.6) is 0 Å². The van der Waals surface area contributed by atoms with Gasteiger partial charge in [0, 0.05) is 11.3 Å². The Balaban J connectivity index is 1.46. The van der Waals surface area contributed by atoms with Crippen molar-refractivity contribution in [3.63, 3.8) is 0 Å². The van der Waals surface area contributed by atoms with Gasteiger partial charge in [-0.15, -0.1) is 10.2 Å². The van der Waals surface area contributed by atoms with Gasteiger partial charge in [0.05, 0.1) is 0 Å². The van der Waals surface area contributed by atoms with Crippen LogP contribution in [0.1, 0.15) is 11.1 Å². The average molecular weight is 382 g/mol. The Kier molecular flexibility index (Phi) is 4.29. The lowest BCUT2D eigenvalue weighted by Crippen LogP contribution is -1.97. The number of rotatable bonds is 4. The van der Waals surface area contributed by atoms with Crippen molar-refractivity contribution in [3.05, 3.63) is 90.0 Å². The molecule has 3 aromatic carbocycles. The van der Waals surface area contributed by atoms with Crippen molar-refractivity contribution in [3.8, 4) is 11.4 Å². The molecule has 0 radical (unpaired) electrons. The van der Waals surface area contributed by atoms with Gasteiger partial charge in [0.25, 0.3) is 0 Å². The van der Waals surface area contributed by atoms with E-state index in [0.29, 0.717) is 0 Å². The molecule has 0 atom stereocenters. The summed E-state index contributed by atoms with van der Waals surface area (Å²) in [6.45, 7) is 2.08. The third-order valence-corrected chi connectivity index (χ3v) is 5.77. The highest BCUT2D eigenvalue weighted by molar-refractivity contribution is 7.98. The Morgan fingerprint density at radius 3 is 2.54 bits per heavy atom. The molecule has 0 amide bonds. The van der Waals surface area contributed by atoms with Crippen LogP contribution in [0.15, 0.2) is 83.9 Å². The van der Waals surface area contributed by atoms with E-state index in [4.69, 9.17) is 5.10 Å². The zero-order valence-corrected chi connectivity index (χ0v) is 16.2. The molecule has 0 saturated carbocycles. The van der Waals surface area contributed by atoms with Gasteiger partial charge < -0.3 is 0 Å². The first kappa shape index (κ1) is 17.0. The second-order valence-electron chi connectivity index (χ2n) is 6.76. The molecule has 0 saturated heterocycles. The van der Waals surface area contributed by atoms with E-state index in [-0.39, 0.29) is 0 Å². The lowest BCUT2D eigenvalue weighted by atomic mass is 10.1. The zero-order chi connectivity index (χ0) is 18.9. The van der Waals surface area contributed by atoms with Crippen molar-refractivity contribution in [2.45, 2.75) is 17.7 Å². The van der Waals surface area contributed by atoms with Crippen LogP contribution in [-0.2, 0) is 5.75 Å². The van der Waals surface area contributed by atoms with Crippen LogP contribution in [0.3, 0.4) is 0 Å². The lowest BCUT2D eigenvalue weighted by molar-refractivity contribution is 0.860. The van der Waals surface area contributed by atoms with Gasteiger partial charge in [0.2, 0.25) is 0 Å². The minimum atomic E-state index is 0.755. The van der Waals surface area contributed by atoms with Gasteiger partial charge in [-0.3, -0.25) is 0 Å². The van der Waals surface area contributed by atoms with E-state index in [1.165, 1.54) is 21.9 Å². The summed E-state index contributed by atoms with van der Waals surface area (Å²) in [5.74, 6) is 1.63. The van der Waals surface area contributed by atoms with Gasteiger partial charge in [-0.25, -0.2) is 0 Å². The predicted octanol–water partition coefficient (Wildman–Crippen LogP) is 5.55. The zero-order valence-electron chi connectivity index (χ0n) is 15.4. The van der Waals surface area contributed by atoms with E-state index in [2.05, 4.69) is 83.9 Å².